The summed E-state index contributed by atoms with van der Waals surface area (Å²) >= 11 is 0. The van der Waals surface area contributed by atoms with Crippen molar-refractivity contribution in [3.05, 3.63) is 83.8 Å². The monoisotopic (exact) mass is 852 g/mol. The van der Waals surface area contributed by atoms with E-state index in [1.165, 1.54) is 10.7 Å². The maximum atomic E-state index is 13.5. The van der Waals surface area contributed by atoms with E-state index >= 15 is 0 Å². The first-order valence-electron chi connectivity index (χ1n) is 22.1. The molecular weight excluding hydrogens is 801 g/mol. The van der Waals surface area contributed by atoms with E-state index < -0.39 is 11.6 Å². The van der Waals surface area contributed by atoms with Crippen LogP contribution in [0, 0.1) is 17.2 Å². The Hall–Kier alpha value is -6.35. The lowest BCUT2D eigenvalue weighted by Crippen LogP contribution is -2.67. The van der Waals surface area contributed by atoms with Crippen molar-refractivity contribution in [1.29, 1.82) is 5.26 Å². The highest BCUT2D eigenvalue weighted by Gasteiger charge is 2.43. The number of aliphatic hydroxyl groups is 1. The van der Waals surface area contributed by atoms with Crippen LogP contribution in [0.4, 0.5) is 21.9 Å². The molecule has 17 nitrogen and oxygen atoms in total. The number of nitriles is 1. The summed E-state index contributed by atoms with van der Waals surface area (Å²) in [4.78, 5) is 61.6. The van der Waals surface area contributed by atoms with E-state index in [-0.39, 0.29) is 36.1 Å². The van der Waals surface area contributed by atoms with Crippen LogP contribution in [-0.2, 0) is 15.2 Å². The highest BCUT2D eigenvalue weighted by molar-refractivity contribution is 6.06. The summed E-state index contributed by atoms with van der Waals surface area (Å²) < 4.78 is 3.57. The van der Waals surface area contributed by atoms with Gasteiger partial charge in [-0.25, -0.2) is 9.31 Å². The average molecular weight is 853 g/mol. The first kappa shape index (κ1) is 40.7. The van der Waals surface area contributed by atoms with Crippen molar-refractivity contribution in [3.63, 3.8) is 0 Å². The van der Waals surface area contributed by atoms with Gasteiger partial charge in [-0.05, 0) is 94.1 Å². The SMILES string of the molecule is CC(C)(O)c1cc2nn(C3CCC(N4CCN(C5CN(C(=O)C6CN(c7ccc(N8CCC(=O)NC8=O)cc7)C6)C5)CC4)CC3)cc2cc1NC(=O)c1ccc2cc(C#N)cnn12. The Balaban J connectivity index is 0.682. The van der Waals surface area contributed by atoms with Crippen LogP contribution in [0.2, 0.25) is 0 Å². The zero-order valence-corrected chi connectivity index (χ0v) is 35.6. The third-order valence-corrected chi connectivity index (χ3v) is 13.8. The standard InChI is InChI=1S/C46H52N12O5/c1-46(2,63)38-21-39-30(20-40(38)49-43(60)41-12-11-36-19-29(22-47)23-48-58(36)41)26-57(51-39)35-9-5-32(6-10-35)52-15-17-53(18-16-52)37-27-55(28-37)44(61)31-24-54(25-31)33-3-7-34(8-4-33)56-14-13-42(59)50-45(56)62/h3-4,7-8,11-12,19-21,23,26,31-32,35,37,63H,5-6,9-10,13-18,24-25,27-28H2,1-2H3,(H,49,60)(H,50,59,62). The lowest BCUT2D eigenvalue weighted by Gasteiger charge is -2.51. The molecule has 0 spiro atoms. The van der Waals surface area contributed by atoms with E-state index in [4.69, 9.17) is 5.10 Å². The second kappa shape index (κ2) is 16.1. The van der Waals surface area contributed by atoms with Gasteiger partial charge in [0.05, 0.1) is 40.4 Å². The number of nitrogens with one attached hydrogen (secondary N) is 2. The third kappa shape index (κ3) is 7.87. The molecule has 63 heavy (non-hydrogen) atoms. The number of urea groups is 1. The summed E-state index contributed by atoms with van der Waals surface area (Å²) in [6.07, 6.45) is 8.00. The van der Waals surface area contributed by atoms with Crippen LogP contribution in [0.5, 0.6) is 0 Å². The summed E-state index contributed by atoms with van der Waals surface area (Å²) in [5, 5.41) is 35.9. The molecule has 0 radical (unpaired) electrons. The molecule has 1 aliphatic carbocycles. The molecule has 5 aromatic rings. The molecule has 4 aliphatic heterocycles. The lowest BCUT2D eigenvalue weighted by molar-refractivity contribution is -0.144. The first-order chi connectivity index (χ1) is 30.4. The molecule has 2 aromatic carbocycles. The summed E-state index contributed by atoms with van der Waals surface area (Å²) in [7, 11) is 0. The molecular formula is C46H52N12O5. The number of likely N-dealkylation sites (tertiary alicyclic amines) is 1. The van der Waals surface area contributed by atoms with Gasteiger partial charge in [0.1, 0.15) is 11.8 Å². The summed E-state index contributed by atoms with van der Waals surface area (Å²) in [6, 6.07) is 19.5. The fourth-order valence-electron chi connectivity index (χ4n) is 10.1. The zero-order valence-electron chi connectivity index (χ0n) is 35.6. The third-order valence-electron chi connectivity index (χ3n) is 13.8. The molecule has 5 aliphatic rings. The Bertz CT molecular complexity index is 2630. The van der Waals surface area contributed by atoms with Crippen molar-refractivity contribution in [2.24, 2.45) is 5.92 Å². The van der Waals surface area contributed by atoms with E-state index in [1.807, 2.05) is 41.3 Å². The van der Waals surface area contributed by atoms with Gasteiger partial charge in [-0.2, -0.15) is 15.5 Å². The number of anilines is 3. The number of carbonyl (C=O) groups is 4. The zero-order chi connectivity index (χ0) is 43.6. The van der Waals surface area contributed by atoms with E-state index in [0.717, 1.165) is 87.2 Å². The number of piperazine rings is 1. The van der Waals surface area contributed by atoms with Gasteiger partial charge in [0.15, 0.2) is 0 Å². The van der Waals surface area contributed by atoms with Crippen molar-refractivity contribution in [1.82, 2.24) is 39.4 Å². The van der Waals surface area contributed by atoms with Crippen LogP contribution < -0.4 is 20.4 Å². The van der Waals surface area contributed by atoms with Gasteiger partial charge in [-0.15, -0.1) is 0 Å². The largest absolute Gasteiger partial charge is 0.386 e. The van der Waals surface area contributed by atoms with Gasteiger partial charge in [-0.3, -0.25) is 39.1 Å². The number of rotatable bonds is 9. The molecule has 326 valence electrons. The number of imide groups is 1. The molecule has 10 rings (SSSR count). The van der Waals surface area contributed by atoms with Gasteiger partial charge in [0, 0.05) is 112 Å². The van der Waals surface area contributed by atoms with Crippen LogP contribution >= 0.6 is 0 Å². The molecule has 7 heterocycles. The number of aromatic nitrogens is 4. The number of hydrogen-bond donors (Lipinski definition) is 3. The first-order valence-corrected chi connectivity index (χ1v) is 22.1. The van der Waals surface area contributed by atoms with Crippen LogP contribution in [-0.4, -0.2) is 134 Å². The quantitative estimate of drug-likeness (QED) is 0.195. The number of carbonyl (C=O) groups excluding carboxylic acids is 4. The summed E-state index contributed by atoms with van der Waals surface area (Å²) in [5.74, 6) is -0.375. The van der Waals surface area contributed by atoms with Crippen LogP contribution in [0.15, 0.2) is 67.0 Å². The molecule has 4 saturated heterocycles. The summed E-state index contributed by atoms with van der Waals surface area (Å²) in [5.41, 5.74) is 3.74. The molecule has 3 aromatic heterocycles. The molecule has 17 heteroatoms. The smallest absolute Gasteiger partial charge is 0.328 e. The Morgan fingerprint density at radius 2 is 1.54 bits per heavy atom. The Morgan fingerprint density at radius 3 is 2.22 bits per heavy atom. The van der Waals surface area contributed by atoms with E-state index in [1.54, 1.807) is 36.9 Å². The number of amides is 5. The number of nitrogens with zero attached hydrogens (tertiary/aromatic N) is 10. The van der Waals surface area contributed by atoms with E-state index in [0.29, 0.717) is 59.7 Å². The van der Waals surface area contributed by atoms with Crippen LogP contribution in [0.25, 0.3) is 16.4 Å². The van der Waals surface area contributed by atoms with Crippen molar-refractivity contribution in [2.45, 2.75) is 69.7 Å². The number of benzene rings is 2. The fourth-order valence-corrected chi connectivity index (χ4v) is 10.1. The van der Waals surface area contributed by atoms with E-state index in [9.17, 15) is 29.5 Å². The number of hydrogen-bond acceptors (Lipinski definition) is 11. The highest BCUT2D eigenvalue weighted by Crippen LogP contribution is 2.36. The predicted octanol–water partition coefficient (Wildman–Crippen LogP) is 3.93. The van der Waals surface area contributed by atoms with Gasteiger partial charge >= 0.3 is 6.03 Å². The van der Waals surface area contributed by atoms with Crippen molar-refractivity contribution in [2.75, 3.05) is 74.0 Å². The van der Waals surface area contributed by atoms with Crippen molar-refractivity contribution in [3.8, 4) is 6.07 Å². The van der Waals surface area contributed by atoms with Gasteiger partial charge in [-0.1, -0.05) is 0 Å². The van der Waals surface area contributed by atoms with Gasteiger partial charge in [0.25, 0.3) is 5.91 Å². The van der Waals surface area contributed by atoms with Crippen LogP contribution in [0.1, 0.15) is 73.6 Å². The van der Waals surface area contributed by atoms with Crippen molar-refractivity contribution >= 4 is 57.2 Å². The average Bonchev–Trinajstić information content (AvgIpc) is 3.87. The maximum Gasteiger partial charge on any atom is 0.328 e. The Labute approximate surface area is 364 Å². The topological polar surface area (TPSA) is 188 Å². The molecule has 0 bridgehead atoms. The second-order valence-corrected chi connectivity index (χ2v) is 18.3. The van der Waals surface area contributed by atoms with Gasteiger partial charge in [0.2, 0.25) is 11.8 Å². The molecule has 5 amide bonds. The summed E-state index contributed by atoms with van der Waals surface area (Å²) in [6.45, 7) is 10.8. The lowest BCUT2D eigenvalue weighted by atomic mass is 9.89. The van der Waals surface area contributed by atoms with Crippen LogP contribution in [0.3, 0.4) is 0 Å². The molecule has 1 saturated carbocycles. The maximum absolute atomic E-state index is 13.5. The van der Waals surface area contributed by atoms with E-state index in [2.05, 4.69) is 47.4 Å². The minimum absolute atomic E-state index is 0.00327. The molecule has 5 fully saturated rings. The normalized spacial score (nSPS) is 21.9. The fraction of sp³-hybridized carbons (Fsp3) is 0.457. The Morgan fingerprint density at radius 1 is 0.857 bits per heavy atom. The predicted molar refractivity (Wildman–Crippen MR) is 235 cm³/mol. The number of fused-ring (bicyclic) bond motifs is 2. The second-order valence-electron chi connectivity index (χ2n) is 18.3. The minimum atomic E-state index is -1.24. The van der Waals surface area contributed by atoms with Gasteiger partial charge < -0.3 is 20.2 Å². The Kier molecular flexibility index (Phi) is 10.4. The molecule has 0 unspecified atom stereocenters. The molecule has 3 N–H and O–H groups in total. The minimum Gasteiger partial charge on any atom is -0.386 e. The molecule has 0 atom stereocenters. The van der Waals surface area contributed by atoms with Crippen molar-refractivity contribution < 1.29 is 24.3 Å². The highest BCUT2D eigenvalue weighted by atomic mass is 16.3.